The Bertz CT molecular complexity index is 711. The van der Waals surface area contributed by atoms with E-state index in [0.29, 0.717) is 32.0 Å². The standard InChI is InChI=1S/C20H29ClN4O/c1-16(2)13-20(26)25(12-11-23(3)4)15-19-22-9-10-24(19)14-17-7-5-6-8-18(17)21/h5-10,16H,11-15H2,1-4H3. The van der Waals surface area contributed by atoms with E-state index in [2.05, 4.69) is 28.3 Å². The maximum Gasteiger partial charge on any atom is 0.223 e. The molecule has 0 bridgehead atoms. The number of carbonyl (C=O) groups is 1. The fourth-order valence-electron chi connectivity index (χ4n) is 2.71. The summed E-state index contributed by atoms with van der Waals surface area (Å²) in [4.78, 5) is 21.1. The third-order valence-corrected chi connectivity index (χ3v) is 4.55. The van der Waals surface area contributed by atoms with E-state index in [-0.39, 0.29) is 5.91 Å². The molecule has 0 atom stereocenters. The Hall–Kier alpha value is -1.85. The molecule has 26 heavy (non-hydrogen) atoms. The molecule has 0 saturated carbocycles. The molecule has 1 heterocycles. The summed E-state index contributed by atoms with van der Waals surface area (Å²) in [7, 11) is 4.03. The Balaban J connectivity index is 2.14. The fourth-order valence-corrected chi connectivity index (χ4v) is 2.90. The van der Waals surface area contributed by atoms with Gasteiger partial charge in [0.15, 0.2) is 0 Å². The SMILES string of the molecule is CC(C)CC(=O)N(CCN(C)C)Cc1nccn1Cc1ccccc1Cl. The van der Waals surface area contributed by atoms with E-state index < -0.39 is 0 Å². The highest BCUT2D eigenvalue weighted by Crippen LogP contribution is 2.17. The Morgan fingerprint density at radius 3 is 2.62 bits per heavy atom. The number of halogens is 1. The van der Waals surface area contributed by atoms with E-state index in [1.165, 1.54) is 0 Å². The lowest BCUT2D eigenvalue weighted by Crippen LogP contribution is -2.37. The number of imidazole rings is 1. The van der Waals surface area contributed by atoms with E-state index in [9.17, 15) is 4.79 Å². The minimum Gasteiger partial charge on any atom is -0.334 e. The first-order valence-electron chi connectivity index (χ1n) is 9.02. The van der Waals surface area contributed by atoms with Crippen molar-refractivity contribution in [2.75, 3.05) is 27.2 Å². The summed E-state index contributed by atoms with van der Waals surface area (Å²) in [5.74, 6) is 1.39. The van der Waals surface area contributed by atoms with E-state index >= 15 is 0 Å². The van der Waals surface area contributed by atoms with Crippen LogP contribution in [0.1, 0.15) is 31.7 Å². The van der Waals surface area contributed by atoms with Gasteiger partial charge in [0.2, 0.25) is 5.91 Å². The van der Waals surface area contributed by atoms with Gasteiger partial charge in [-0.1, -0.05) is 43.6 Å². The molecular weight excluding hydrogens is 348 g/mol. The van der Waals surface area contributed by atoms with Crippen molar-refractivity contribution in [3.63, 3.8) is 0 Å². The lowest BCUT2D eigenvalue weighted by molar-refractivity contribution is -0.132. The largest absolute Gasteiger partial charge is 0.334 e. The predicted molar refractivity (Wildman–Crippen MR) is 106 cm³/mol. The number of likely N-dealkylation sites (N-methyl/N-ethyl adjacent to an activating group) is 1. The van der Waals surface area contributed by atoms with Crippen LogP contribution in [0.2, 0.25) is 5.02 Å². The van der Waals surface area contributed by atoms with Crippen molar-refractivity contribution in [1.82, 2.24) is 19.4 Å². The predicted octanol–water partition coefficient (Wildman–Crippen LogP) is 3.52. The van der Waals surface area contributed by atoms with Gasteiger partial charge in [-0.3, -0.25) is 4.79 Å². The first kappa shape index (κ1) is 20.5. The van der Waals surface area contributed by atoms with Crippen molar-refractivity contribution >= 4 is 17.5 Å². The first-order chi connectivity index (χ1) is 12.4. The Morgan fingerprint density at radius 2 is 1.96 bits per heavy atom. The monoisotopic (exact) mass is 376 g/mol. The zero-order valence-corrected chi connectivity index (χ0v) is 16.9. The van der Waals surface area contributed by atoms with E-state index in [1.807, 2.05) is 49.5 Å². The molecule has 142 valence electrons. The van der Waals surface area contributed by atoms with Gasteiger partial charge in [-0.25, -0.2) is 4.98 Å². The van der Waals surface area contributed by atoms with Gasteiger partial charge in [0.25, 0.3) is 0 Å². The molecule has 5 nitrogen and oxygen atoms in total. The number of aromatic nitrogens is 2. The zero-order valence-electron chi connectivity index (χ0n) is 16.2. The van der Waals surface area contributed by atoms with Gasteiger partial charge in [0.1, 0.15) is 5.82 Å². The van der Waals surface area contributed by atoms with Gasteiger partial charge in [-0.15, -0.1) is 0 Å². The number of benzene rings is 1. The van der Waals surface area contributed by atoms with Gasteiger partial charge >= 0.3 is 0 Å². The molecular formula is C20H29ClN4O. The van der Waals surface area contributed by atoms with Crippen LogP contribution >= 0.6 is 11.6 Å². The molecule has 0 aliphatic carbocycles. The highest BCUT2D eigenvalue weighted by Gasteiger charge is 2.18. The Morgan fingerprint density at radius 1 is 1.23 bits per heavy atom. The van der Waals surface area contributed by atoms with Crippen molar-refractivity contribution < 1.29 is 4.79 Å². The molecule has 2 aromatic rings. The average molecular weight is 377 g/mol. The summed E-state index contributed by atoms with van der Waals surface area (Å²) in [5, 5.41) is 0.743. The number of carbonyl (C=O) groups excluding carboxylic acids is 1. The highest BCUT2D eigenvalue weighted by molar-refractivity contribution is 6.31. The maximum absolute atomic E-state index is 12.7. The average Bonchev–Trinajstić information content (AvgIpc) is 2.99. The Labute approximate surface area is 161 Å². The lowest BCUT2D eigenvalue weighted by Gasteiger charge is -2.25. The summed E-state index contributed by atoms with van der Waals surface area (Å²) in [6.07, 6.45) is 4.28. The summed E-state index contributed by atoms with van der Waals surface area (Å²) < 4.78 is 2.06. The van der Waals surface area contributed by atoms with Crippen LogP contribution in [0.15, 0.2) is 36.7 Å². The van der Waals surface area contributed by atoms with E-state index in [4.69, 9.17) is 11.6 Å². The second-order valence-electron chi connectivity index (χ2n) is 7.28. The van der Waals surface area contributed by atoms with Gasteiger partial charge in [-0.2, -0.15) is 0 Å². The minimum absolute atomic E-state index is 0.175. The van der Waals surface area contributed by atoms with Gasteiger partial charge < -0.3 is 14.4 Å². The molecule has 0 aliphatic rings. The molecule has 2 rings (SSSR count). The lowest BCUT2D eigenvalue weighted by atomic mass is 10.1. The summed E-state index contributed by atoms with van der Waals surface area (Å²) in [6.45, 7) is 6.82. The quantitative estimate of drug-likeness (QED) is 0.672. The molecule has 1 aromatic carbocycles. The molecule has 0 aliphatic heterocycles. The number of rotatable bonds is 9. The van der Waals surface area contributed by atoms with Crippen molar-refractivity contribution in [3.05, 3.63) is 53.1 Å². The van der Waals surface area contributed by atoms with Crippen LogP contribution in [0.5, 0.6) is 0 Å². The van der Waals surface area contributed by atoms with E-state index in [0.717, 1.165) is 23.0 Å². The summed E-state index contributed by atoms with van der Waals surface area (Å²) in [6, 6.07) is 7.81. The summed E-state index contributed by atoms with van der Waals surface area (Å²) >= 11 is 6.29. The topological polar surface area (TPSA) is 41.4 Å². The molecule has 0 fully saturated rings. The molecule has 0 saturated heterocycles. The van der Waals surface area contributed by atoms with Gasteiger partial charge in [0.05, 0.1) is 13.1 Å². The Kier molecular flexibility index (Phi) is 7.66. The number of amides is 1. The maximum atomic E-state index is 12.7. The van der Waals surface area contributed by atoms with Crippen molar-refractivity contribution in [2.45, 2.75) is 33.4 Å². The molecule has 1 aromatic heterocycles. The molecule has 0 spiro atoms. The molecule has 0 unspecified atom stereocenters. The highest BCUT2D eigenvalue weighted by atomic mass is 35.5. The number of hydrogen-bond donors (Lipinski definition) is 0. The summed E-state index contributed by atoms with van der Waals surface area (Å²) in [5.41, 5.74) is 1.04. The van der Waals surface area contributed by atoms with Crippen LogP contribution < -0.4 is 0 Å². The van der Waals surface area contributed by atoms with Crippen LogP contribution in [0.25, 0.3) is 0 Å². The molecule has 0 N–H and O–H groups in total. The minimum atomic E-state index is 0.175. The van der Waals surface area contributed by atoms with Crippen LogP contribution in [0, 0.1) is 5.92 Å². The molecule has 0 radical (unpaired) electrons. The third kappa shape index (κ3) is 6.15. The normalized spacial score (nSPS) is 11.3. The first-order valence-corrected chi connectivity index (χ1v) is 9.40. The van der Waals surface area contributed by atoms with Crippen LogP contribution in [0.4, 0.5) is 0 Å². The van der Waals surface area contributed by atoms with Crippen LogP contribution in [0.3, 0.4) is 0 Å². The zero-order chi connectivity index (χ0) is 19.1. The van der Waals surface area contributed by atoms with Gasteiger partial charge in [0, 0.05) is 36.9 Å². The van der Waals surface area contributed by atoms with E-state index in [1.54, 1.807) is 6.20 Å². The smallest absolute Gasteiger partial charge is 0.223 e. The second-order valence-corrected chi connectivity index (χ2v) is 7.69. The van der Waals surface area contributed by atoms with Crippen LogP contribution in [-0.4, -0.2) is 52.4 Å². The molecule has 6 heteroatoms. The number of nitrogens with zero attached hydrogens (tertiary/aromatic N) is 4. The van der Waals surface area contributed by atoms with Crippen molar-refractivity contribution in [1.29, 1.82) is 0 Å². The number of hydrogen-bond acceptors (Lipinski definition) is 3. The fraction of sp³-hybridized carbons (Fsp3) is 0.500. The second kappa shape index (κ2) is 9.74. The van der Waals surface area contributed by atoms with Gasteiger partial charge in [-0.05, 0) is 31.6 Å². The van der Waals surface area contributed by atoms with Crippen molar-refractivity contribution in [2.24, 2.45) is 5.92 Å². The third-order valence-electron chi connectivity index (χ3n) is 4.19. The van der Waals surface area contributed by atoms with Crippen molar-refractivity contribution in [3.8, 4) is 0 Å². The van der Waals surface area contributed by atoms with Crippen LogP contribution in [-0.2, 0) is 17.9 Å². The molecule has 1 amide bonds.